The van der Waals surface area contributed by atoms with Crippen molar-refractivity contribution in [2.24, 2.45) is 5.14 Å². The van der Waals surface area contributed by atoms with E-state index < -0.39 is 32.0 Å². The second kappa shape index (κ2) is 9.75. The van der Waals surface area contributed by atoms with E-state index in [1.807, 2.05) is 0 Å². The van der Waals surface area contributed by atoms with E-state index in [0.717, 1.165) is 0 Å². The van der Waals surface area contributed by atoms with Crippen molar-refractivity contribution in [1.82, 2.24) is 10.0 Å². The molecule has 164 valence electrons. The summed E-state index contributed by atoms with van der Waals surface area (Å²) in [5.74, 6) is -0.205. The van der Waals surface area contributed by atoms with Gasteiger partial charge in [-0.15, -0.1) is 0 Å². The first-order valence-corrected chi connectivity index (χ1v) is 12.2. The van der Waals surface area contributed by atoms with Crippen molar-refractivity contribution in [2.45, 2.75) is 36.2 Å². The van der Waals surface area contributed by atoms with E-state index in [0.29, 0.717) is 17.9 Å². The van der Waals surface area contributed by atoms with Crippen LogP contribution in [0.1, 0.15) is 19.4 Å². The first-order valence-electron chi connectivity index (χ1n) is 8.78. The summed E-state index contributed by atoms with van der Waals surface area (Å²) < 4.78 is 55.1. The fourth-order valence-corrected chi connectivity index (χ4v) is 4.46. The molecule has 0 radical (unpaired) electrons. The molecule has 0 bridgehead atoms. The van der Waals surface area contributed by atoms with E-state index in [9.17, 15) is 21.6 Å². The number of nitrogens with one attached hydrogen (secondary N) is 2. The Bertz CT molecular complexity index is 1120. The fourth-order valence-electron chi connectivity index (χ4n) is 2.41. The number of carbonyl (C=O) groups is 1. The molecule has 0 fully saturated rings. The number of carbonyl (C=O) groups excluding carboxylic acids is 1. The molecule has 2 aromatic rings. The number of sulfonamides is 2. The third-order valence-corrected chi connectivity index (χ3v) is 6.72. The summed E-state index contributed by atoms with van der Waals surface area (Å²) in [5.41, 5.74) is 0.615. The minimum atomic E-state index is -4.00. The van der Waals surface area contributed by atoms with E-state index in [1.54, 1.807) is 6.92 Å². The normalized spacial score (nSPS) is 12.9. The van der Waals surface area contributed by atoms with E-state index in [1.165, 1.54) is 49.4 Å². The van der Waals surface area contributed by atoms with Gasteiger partial charge in [0.2, 0.25) is 26.0 Å². The predicted octanol–water partition coefficient (Wildman–Crippen LogP) is 1.37. The molecule has 9 nitrogen and oxygen atoms in total. The highest BCUT2D eigenvalue weighted by Crippen LogP contribution is 2.27. The number of primary sulfonamides is 1. The molecular formula is C18H22ClN3O6S2. The van der Waals surface area contributed by atoms with Crippen LogP contribution in [0.25, 0.3) is 0 Å². The Labute approximate surface area is 180 Å². The molecule has 0 saturated carbocycles. The highest BCUT2D eigenvalue weighted by Gasteiger charge is 2.23. The smallest absolute Gasteiger partial charge is 0.241 e. The largest absolute Gasteiger partial charge is 0.492 e. The Balaban J connectivity index is 2.00. The van der Waals surface area contributed by atoms with Crippen molar-refractivity contribution in [3.8, 4) is 5.75 Å². The molecule has 2 rings (SSSR count). The standard InChI is InChI=1S/C18H22ClN3O6S2/c1-3-28-17-9-8-15(10-16(17)19)30(26,27)22-12(2)18(23)21-11-13-4-6-14(7-5-13)29(20,24)25/h4-10,12,22H,3,11H2,1-2H3,(H,21,23)(H2,20,24,25). The molecule has 1 amide bonds. The molecule has 0 aliphatic heterocycles. The zero-order chi connectivity index (χ0) is 22.5. The van der Waals surface area contributed by atoms with Crippen LogP contribution in [0.5, 0.6) is 5.75 Å². The van der Waals surface area contributed by atoms with E-state index in [4.69, 9.17) is 21.5 Å². The van der Waals surface area contributed by atoms with Crippen molar-refractivity contribution >= 4 is 37.6 Å². The highest BCUT2D eigenvalue weighted by atomic mass is 35.5. The monoisotopic (exact) mass is 475 g/mol. The molecule has 0 aliphatic rings. The molecule has 0 saturated heterocycles. The average Bonchev–Trinajstić information content (AvgIpc) is 2.67. The van der Waals surface area contributed by atoms with Gasteiger partial charge >= 0.3 is 0 Å². The lowest BCUT2D eigenvalue weighted by atomic mass is 10.2. The van der Waals surface area contributed by atoms with Crippen LogP contribution in [0.15, 0.2) is 52.3 Å². The molecule has 1 unspecified atom stereocenters. The Morgan fingerprint density at radius 3 is 2.23 bits per heavy atom. The van der Waals surface area contributed by atoms with Crippen molar-refractivity contribution in [3.05, 3.63) is 53.1 Å². The van der Waals surface area contributed by atoms with Crippen LogP contribution in [-0.2, 0) is 31.4 Å². The Hall–Kier alpha value is -2.18. The number of halogens is 1. The van der Waals surface area contributed by atoms with Gasteiger partial charge in [-0.25, -0.2) is 22.0 Å². The van der Waals surface area contributed by atoms with Crippen molar-refractivity contribution < 1.29 is 26.4 Å². The molecular weight excluding hydrogens is 454 g/mol. The van der Waals surface area contributed by atoms with Crippen LogP contribution in [0.3, 0.4) is 0 Å². The second-order valence-corrected chi connectivity index (χ2v) is 9.96. The number of hydrogen-bond acceptors (Lipinski definition) is 6. The van der Waals surface area contributed by atoms with Crippen molar-refractivity contribution in [2.75, 3.05) is 6.61 Å². The molecule has 4 N–H and O–H groups in total. The predicted molar refractivity (Wildman–Crippen MR) is 112 cm³/mol. The Kier molecular flexibility index (Phi) is 7.83. The van der Waals surface area contributed by atoms with E-state index in [-0.39, 0.29) is 21.4 Å². The molecule has 0 aromatic heterocycles. The summed E-state index contributed by atoms with van der Waals surface area (Å²) in [6.45, 7) is 3.63. The van der Waals surface area contributed by atoms with Gasteiger partial charge in [-0.2, -0.15) is 4.72 Å². The minimum Gasteiger partial charge on any atom is -0.492 e. The number of rotatable bonds is 9. The fraction of sp³-hybridized carbons (Fsp3) is 0.278. The first kappa shape index (κ1) is 24.1. The summed E-state index contributed by atoms with van der Waals surface area (Å²) in [5, 5.41) is 7.74. The van der Waals surface area contributed by atoms with Crippen LogP contribution < -0.4 is 19.9 Å². The number of hydrogen-bond donors (Lipinski definition) is 3. The second-order valence-electron chi connectivity index (χ2n) is 6.27. The molecule has 1 atom stereocenters. The van der Waals surface area contributed by atoms with Crippen LogP contribution in [-0.4, -0.2) is 35.4 Å². The SMILES string of the molecule is CCOc1ccc(S(=O)(=O)NC(C)C(=O)NCc2ccc(S(N)(=O)=O)cc2)cc1Cl. The maximum atomic E-state index is 12.5. The van der Waals surface area contributed by atoms with E-state index >= 15 is 0 Å². The molecule has 0 heterocycles. The van der Waals surface area contributed by atoms with Gasteiger partial charge in [0, 0.05) is 6.54 Å². The topological polar surface area (TPSA) is 145 Å². The summed E-state index contributed by atoms with van der Waals surface area (Å²) in [4.78, 5) is 12.1. The third kappa shape index (κ3) is 6.41. The minimum absolute atomic E-state index is 0.0484. The van der Waals surface area contributed by atoms with Gasteiger partial charge < -0.3 is 10.1 Å². The summed E-state index contributed by atoms with van der Waals surface area (Å²) >= 11 is 6.03. The number of amides is 1. The van der Waals surface area contributed by atoms with Gasteiger partial charge in [-0.1, -0.05) is 23.7 Å². The number of benzene rings is 2. The lowest BCUT2D eigenvalue weighted by Gasteiger charge is -2.15. The summed E-state index contributed by atoms with van der Waals surface area (Å²) in [7, 11) is -7.80. The van der Waals surface area contributed by atoms with Crippen molar-refractivity contribution in [1.29, 1.82) is 0 Å². The lowest BCUT2D eigenvalue weighted by molar-refractivity contribution is -0.122. The maximum Gasteiger partial charge on any atom is 0.241 e. The highest BCUT2D eigenvalue weighted by molar-refractivity contribution is 7.89. The van der Waals surface area contributed by atoms with Gasteiger partial charge in [0.25, 0.3) is 0 Å². The van der Waals surface area contributed by atoms with E-state index in [2.05, 4.69) is 10.0 Å². The van der Waals surface area contributed by atoms with Gasteiger partial charge in [0.05, 0.1) is 27.5 Å². The van der Waals surface area contributed by atoms with Crippen LogP contribution in [0.4, 0.5) is 0 Å². The van der Waals surface area contributed by atoms with Gasteiger partial charge in [0.1, 0.15) is 5.75 Å². The number of nitrogens with two attached hydrogens (primary N) is 1. The molecule has 12 heteroatoms. The first-order chi connectivity index (χ1) is 13.9. The van der Waals surface area contributed by atoms with Gasteiger partial charge in [-0.3, -0.25) is 4.79 Å². The van der Waals surface area contributed by atoms with Crippen LogP contribution in [0.2, 0.25) is 5.02 Å². The summed E-state index contributed by atoms with van der Waals surface area (Å²) in [6.07, 6.45) is 0. The zero-order valence-corrected chi connectivity index (χ0v) is 18.6. The van der Waals surface area contributed by atoms with Crippen LogP contribution in [0, 0.1) is 0 Å². The Morgan fingerprint density at radius 2 is 1.70 bits per heavy atom. The van der Waals surface area contributed by atoms with Gasteiger partial charge in [-0.05, 0) is 49.7 Å². The molecule has 0 spiro atoms. The molecule has 2 aromatic carbocycles. The molecule has 0 aliphatic carbocycles. The number of ether oxygens (including phenoxy) is 1. The zero-order valence-electron chi connectivity index (χ0n) is 16.3. The maximum absolute atomic E-state index is 12.5. The Morgan fingerprint density at radius 1 is 1.10 bits per heavy atom. The summed E-state index contributed by atoms with van der Waals surface area (Å²) in [6, 6.07) is 8.58. The van der Waals surface area contributed by atoms with Crippen molar-refractivity contribution in [3.63, 3.8) is 0 Å². The quantitative estimate of drug-likeness (QED) is 0.499. The third-order valence-electron chi connectivity index (χ3n) is 3.96. The van der Waals surface area contributed by atoms with Crippen LogP contribution >= 0.6 is 11.6 Å². The lowest BCUT2D eigenvalue weighted by Crippen LogP contribution is -2.44. The average molecular weight is 476 g/mol. The molecule has 30 heavy (non-hydrogen) atoms. The van der Waals surface area contributed by atoms with Gasteiger partial charge in [0.15, 0.2) is 0 Å².